The summed E-state index contributed by atoms with van der Waals surface area (Å²) < 4.78 is 7.34. The maximum Gasteiger partial charge on any atom is 0.126 e. The fourth-order valence-corrected chi connectivity index (χ4v) is 3.50. The van der Waals surface area contributed by atoms with Gasteiger partial charge >= 0.3 is 0 Å². The molecule has 1 N–H and O–H groups in total. The Labute approximate surface area is 137 Å². The number of rotatable bonds is 5. The third-order valence-electron chi connectivity index (χ3n) is 4.06. The number of ether oxygens (including phenoxy) is 1. The summed E-state index contributed by atoms with van der Waals surface area (Å²) in [6.45, 7) is 10.4. The Morgan fingerprint density at radius 3 is 2.52 bits per heavy atom. The number of hydrogen-bond acceptors (Lipinski definition) is 2. The van der Waals surface area contributed by atoms with E-state index in [0.29, 0.717) is 0 Å². The minimum atomic E-state index is 0.110. The van der Waals surface area contributed by atoms with Crippen molar-refractivity contribution in [3.8, 4) is 5.75 Å². The molecule has 1 aromatic carbocycles. The minimum absolute atomic E-state index is 0.110. The first-order valence-electron chi connectivity index (χ1n) is 8.02. The van der Waals surface area contributed by atoms with Crippen LogP contribution >= 0.6 is 15.9 Å². The molecule has 0 spiro atoms. The molecule has 118 valence electrons. The topological polar surface area (TPSA) is 21.3 Å². The predicted molar refractivity (Wildman–Crippen MR) is 92.9 cm³/mol. The van der Waals surface area contributed by atoms with Gasteiger partial charge in [-0.1, -0.05) is 28.8 Å². The van der Waals surface area contributed by atoms with E-state index in [2.05, 4.69) is 61.1 Å². The summed E-state index contributed by atoms with van der Waals surface area (Å²) in [6, 6.07) is 4.32. The lowest BCUT2D eigenvalue weighted by molar-refractivity contribution is 0.247. The van der Waals surface area contributed by atoms with Gasteiger partial charge in [-0.2, -0.15) is 0 Å². The van der Waals surface area contributed by atoms with Crippen LogP contribution in [0.4, 0.5) is 0 Å². The normalized spacial score (nSPS) is 16.4. The van der Waals surface area contributed by atoms with Crippen LogP contribution in [0.25, 0.3) is 0 Å². The fraction of sp³-hybridized carbons (Fsp3) is 0.667. The second kappa shape index (κ2) is 7.15. The molecule has 0 unspecified atom stereocenters. The van der Waals surface area contributed by atoms with Crippen molar-refractivity contribution < 1.29 is 4.74 Å². The molecule has 21 heavy (non-hydrogen) atoms. The lowest BCUT2D eigenvalue weighted by atomic mass is 10.1. The summed E-state index contributed by atoms with van der Waals surface area (Å²) in [7, 11) is 0. The Kier molecular flexibility index (Phi) is 5.73. The molecule has 1 aromatic rings. The van der Waals surface area contributed by atoms with Gasteiger partial charge in [0.15, 0.2) is 0 Å². The Hall–Kier alpha value is -0.540. The van der Waals surface area contributed by atoms with Crippen molar-refractivity contribution in [3.63, 3.8) is 0 Å². The van der Waals surface area contributed by atoms with E-state index in [1.54, 1.807) is 0 Å². The SMILES string of the molecule is Cc1cc(Br)cc(CNC(C)(C)C)c1OCC1CCCC1. The largest absolute Gasteiger partial charge is 0.493 e. The molecule has 0 amide bonds. The molecule has 1 aliphatic carbocycles. The highest BCUT2D eigenvalue weighted by Crippen LogP contribution is 2.31. The van der Waals surface area contributed by atoms with Crippen LogP contribution in [0, 0.1) is 12.8 Å². The van der Waals surface area contributed by atoms with Crippen LogP contribution in [0.5, 0.6) is 5.75 Å². The second-order valence-electron chi connectivity index (χ2n) is 7.28. The van der Waals surface area contributed by atoms with Gasteiger partial charge in [0.25, 0.3) is 0 Å². The van der Waals surface area contributed by atoms with E-state index >= 15 is 0 Å². The zero-order valence-corrected chi connectivity index (χ0v) is 15.3. The predicted octanol–water partition coefficient (Wildman–Crippen LogP) is 5.21. The number of nitrogens with one attached hydrogen (secondary N) is 1. The Morgan fingerprint density at radius 1 is 1.24 bits per heavy atom. The average molecular weight is 354 g/mol. The van der Waals surface area contributed by atoms with Gasteiger partial charge in [-0.3, -0.25) is 0 Å². The molecule has 2 rings (SSSR count). The summed E-state index contributed by atoms with van der Waals surface area (Å²) in [4.78, 5) is 0. The Morgan fingerprint density at radius 2 is 1.90 bits per heavy atom. The molecule has 3 heteroatoms. The molecule has 1 fully saturated rings. The molecule has 1 saturated carbocycles. The molecule has 0 bridgehead atoms. The third kappa shape index (κ3) is 5.30. The molecule has 0 atom stereocenters. The molecule has 2 nitrogen and oxygen atoms in total. The van der Waals surface area contributed by atoms with Gasteiger partial charge in [-0.25, -0.2) is 0 Å². The van der Waals surface area contributed by atoms with E-state index < -0.39 is 0 Å². The number of benzene rings is 1. The first-order valence-corrected chi connectivity index (χ1v) is 8.81. The standard InChI is InChI=1S/C18H28BrNO/c1-13-9-16(19)10-15(11-20-18(2,3)4)17(13)21-12-14-7-5-6-8-14/h9-10,14,20H,5-8,11-12H2,1-4H3. The van der Waals surface area contributed by atoms with Crippen LogP contribution in [0.15, 0.2) is 16.6 Å². The summed E-state index contributed by atoms with van der Waals surface area (Å²) in [5, 5.41) is 3.56. The maximum atomic E-state index is 6.21. The lowest BCUT2D eigenvalue weighted by Crippen LogP contribution is -2.35. The van der Waals surface area contributed by atoms with Crippen molar-refractivity contribution in [2.24, 2.45) is 5.92 Å². The molecule has 0 radical (unpaired) electrons. The molecule has 0 aliphatic heterocycles. The van der Waals surface area contributed by atoms with Crippen LogP contribution in [0.1, 0.15) is 57.6 Å². The average Bonchev–Trinajstić information content (AvgIpc) is 2.87. The van der Waals surface area contributed by atoms with Gasteiger partial charge in [0, 0.05) is 22.1 Å². The second-order valence-corrected chi connectivity index (χ2v) is 8.19. The van der Waals surface area contributed by atoms with E-state index in [4.69, 9.17) is 4.74 Å². The summed E-state index contributed by atoms with van der Waals surface area (Å²) in [5.74, 6) is 1.82. The van der Waals surface area contributed by atoms with Gasteiger partial charge in [-0.15, -0.1) is 0 Å². The number of halogens is 1. The quantitative estimate of drug-likeness (QED) is 0.783. The molecule has 0 aromatic heterocycles. The summed E-state index contributed by atoms with van der Waals surface area (Å²) in [5.41, 5.74) is 2.57. The zero-order chi connectivity index (χ0) is 15.5. The van der Waals surface area contributed by atoms with Gasteiger partial charge in [0.2, 0.25) is 0 Å². The van der Waals surface area contributed by atoms with Gasteiger partial charge in [-0.05, 0) is 64.2 Å². The van der Waals surface area contributed by atoms with Gasteiger partial charge in [0.05, 0.1) is 6.61 Å². The van der Waals surface area contributed by atoms with Crippen LogP contribution in [-0.4, -0.2) is 12.1 Å². The van der Waals surface area contributed by atoms with Crippen molar-refractivity contribution >= 4 is 15.9 Å². The van der Waals surface area contributed by atoms with E-state index in [1.807, 2.05) is 0 Å². The third-order valence-corrected chi connectivity index (χ3v) is 4.52. The van der Waals surface area contributed by atoms with Crippen molar-refractivity contribution in [1.29, 1.82) is 0 Å². The first kappa shape index (κ1) is 16.8. The van der Waals surface area contributed by atoms with Crippen molar-refractivity contribution in [2.45, 2.75) is 65.5 Å². The molecular formula is C18H28BrNO. The van der Waals surface area contributed by atoms with Crippen molar-refractivity contribution in [1.82, 2.24) is 5.32 Å². The Balaban J connectivity index is 2.09. The summed E-state index contributed by atoms with van der Waals surface area (Å²) in [6.07, 6.45) is 5.38. The van der Waals surface area contributed by atoms with E-state index in [0.717, 1.165) is 29.3 Å². The zero-order valence-electron chi connectivity index (χ0n) is 13.8. The van der Waals surface area contributed by atoms with Gasteiger partial charge < -0.3 is 10.1 Å². The lowest BCUT2D eigenvalue weighted by Gasteiger charge is -2.23. The van der Waals surface area contributed by atoms with Gasteiger partial charge in [0.1, 0.15) is 5.75 Å². The molecular weight excluding hydrogens is 326 g/mol. The molecule has 0 saturated heterocycles. The monoisotopic (exact) mass is 353 g/mol. The molecule has 0 heterocycles. The van der Waals surface area contributed by atoms with Crippen LogP contribution < -0.4 is 10.1 Å². The highest BCUT2D eigenvalue weighted by Gasteiger charge is 2.18. The van der Waals surface area contributed by atoms with E-state index in [1.165, 1.54) is 36.8 Å². The number of hydrogen-bond donors (Lipinski definition) is 1. The van der Waals surface area contributed by atoms with Crippen LogP contribution in [0.3, 0.4) is 0 Å². The molecule has 1 aliphatic rings. The Bertz CT molecular complexity index is 473. The highest BCUT2D eigenvalue weighted by atomic mass is 79.9. The van der Waals surface area contributed by atoms with Crippen LogP contribution in [0.2, 0.25) is 0 Å². The van der Waals surface area contributed by atoms with Crippen LogP contribution in [-0.2, 0) is 6.54 Å². The summed E-state index contributed by atoms with van der Waals surface area (Å²) >= 11 is 3.60. The first-order chi connectivity index (χ1) is 9.85. The smallest absolute Gasteiger partial charge is 0.126 e. The van der Waals surface area contributed by atoms with E-state index in [-0.39, 0.29) is 5.54 Å². The number of aryl methyl sites for hydroxylation is 1. The van der Waals surface area contributed by atoms with Crippen molar-refractivity contribution in [2.75, 3.05) is 6.61 Å². The minimum Gasteiger partial charge on any atom is -0.493 e. The fourth-order valence-electron chi connectivity index (χ4n) is 2.88. The maximum absolute atomic E-state index is 6.21. The highest BCUT2D eigenvalue weighted by molar-refractivity contribution is 9.10. The van der Waals surface area contributed by atoms with E-state index in [9.17, 15) is 0 Å². The van der Waals surface area contributed by atoms with Crippen molar-refractivity contribution in [3.05, 3.63) is 27.7 Å².